The molecule has 8 nitrogen and oxygen atoms in total. The lowest BCUT2D eigenvalue weighted by Gasteiger charge is -2.29. The van der Waals surface area contributed by atoms with Crippen molar-refractivity contribution in [2.45, 2.75) is 4.90 Å². The van der Waals surface area contributed by atoms with E-state index in [0.29, 0.717) is 16.9 Å². The Morgan fingerprint density at radius 3 is 2.60 bits per heavy atom. The predicted molar refractivity (Wildman–Crippen MR) is 116 cm³/mol. The maximum Gasteiger partial charge on any atom is 0.266 e. The van der Waals surface area contributed by atoms with Gasteiger partial charge in [-0.15, -0.1) is 0 Å². The van der Waals surface area contributed by atoms with Crippen LogP contribution in [0.3, 0.4) is 0 Å². The second-order valence-electron chi connectivity index (χ2n) is 6.83. The van der Waals surface area contributed by atoms with E-state index in [9.17, 15) is 8.42 Å². The number of nitriles is 1. The molecule has 1 aliphatic heterocycles. The fourth-order valence-corrected chi connectivity index (χ4v) is 5.02. The molecule has 0 unspecified atom stereocenters. The first-order valence-electron chi connectivity index (χ1n) is 9.33. The summed E-state index contributed by atoms with van der Waals surface area (Å²) < 4.78 is 27.8. The second-order valence-corrected chi connectivity index (χ2v) is 9.18. The third-order valence-electron chi connectivity index (χ3n) is 4.97. The number of anilines is 2. The highest BCUT2D eigenvalue weighted by molar-refractivity contribution is 7.93. The third kappa shape index (κ3) is 3.65. The summed E-state index contributed by atoms with van der Waals surface area (Å²) in [5.74, 6) is 0.757. The zero-order valence-electron chi connectivity index (χ0n) is 16.2. The fraction of sp³-hybridized carbons (Fsp3) is 0.250. The molecule has 1 fully saturated rings. The van der Waals surface area contributed by atoms with Gasteiger partial charge in [-0.3, -0.25) is 4.31 Å². The highest BCUT2D eigenvalue weighted by Gasteiger charge is 2.28. The van der Waals surface area contributed by atoms with Crippen molar-refractivity contribution in [3.63, 3.8) is 0 Å². The van der Waals surface area contributed by atoms with Gasteiger partial charge in [-0.05, 0) is 30.3 Å². The van der Waals surface area contributed by atoms with Crippen LogP contribution in [0.4, 0.5) is 11.8 Å². The molecule has 154 valence electrons. The van der Waals surface area contributed by atoms with Crippen LogP contribution in [-0.2, 0) is 10.0 Å². The van der Waals surface area contributed by atoms with Gasteiger partial charge in [-0.1, -0.05) is 23.7 Å². The van der Waals surface area contributed by atoms with Crippen molar-refractivity contribution >= 4 is 44.3 Å². The molecule has 10 heteroatoms. The average Bonchev–Trinajstić information content (AvgIpc) is 2.78. The minimum Gasteiger partial charge on any atom is -0.338 e. The Hall–Kier alpha value is -2.93. The van der Waals surface area contributed by atoms with Gasteiger partial charge < -0.3 is 10.2 Å². The molecule has 0 bridgehead atoms. The van der Waals surface area contributed by atoms with Crippen LogP contribution >= 0.6 is 11.6 Å². The van der Waals surface area contributed by atoms with Gasteiger partial charge in [0.05, 0.1) is 22.2 Å². The molecule has 0 saturated carbocycles. The van der Waals surface area contributed by atoms with E-state index in [1.54, 1.807) is 6.07 Å². The van der Waals surface area contributed by atoms with Gasteiger partial charge in [0, 0.05) is 38.6 Å². The smallest absolute Gasteiger partial charge is 0.266 e. The van der Waals surface area contributed by atoms with Crippen molar-refractivity contribution in [3.05, 3.63) is 53.1 Å². The zero-order chi connectivity index (χ0) is 21.3. The molecule has 3 aromatic rings. The largest absolute Gasteiger partial charge is 0.338 e. The number of sulfonamides is 1. The number of fused-ring (bicyclic) bond motifs is 1. The van der Waals surface area contributed by atoms with Crippen LogP contribution in [0.5, 0.6) is 0 Å². The highest BCUT2D eigenvalue weighted by Crippen LogP contribution is 2.32. The molecule has 2 heterocycles. The Morgan fingerprint density at radius 2 is 1.90 bits per heavy atom. The van der Waals surface area contributed by atoms with Gasteiger partial charge in [0.1, 0.15) is 4.90 Å². The predicted octanol–water partition coefficient (Wildman–Crippen LogP) is 2.39. The van der Waals surface area contributed by atoms with E-state index in [2.05, 4.69) is 15.3 Å². The van der Waals surface area contributed by atoms with Crippen molar-refractivity contribution in [1.82, 2.24) is 15.3 Å². The van der Waals surface area contributed by atoms with Crippen LogP contribution in [-0.4, -0.2) is 51.6 Å². The maximum atomic E-state index is 13.4. The summed E-state index contributed by atoms with van der Waals surface area (Å²) in [5.41, 5.74) is 0.944. The number of rotatable bonds is 4. The number of piperazine rings is 1. The van der Waals surface area contributed by atoms with Crippen molar-refractivity contribution in [2.24, 2.45) is 0 Å². The van der Waals surface area contributed by atoms with Crippen LogP contribution in [0.1, 0.15) is 5.56 Å². The van der Waals surface area contributed by atoms with Crippen molar-refractivity contribution < 1.29 is 8.42 Å². The number of halogens is 1. The summed E-state index contributed by atoms with van der Waals surface area (Å²) in [6.45, 7) is 3.08. The van der Waals surface area contributed by atoms with Crippen LogP contribution < -0.4 is 14.5 Å². The molecular weight excluding hydrogens is 424 g/mol. The topological polar surface area (TPSA) is 102 Å². The van der Waals surface area contributed by atoms with E-state index in [1.807, 2.05) is 29.2 Å². The van der Waals surface area contributed by atoms with E-state index in [-0.39, 0.29) is 21.3 Å². The van der Waals surface area contributed by atoms with Gasteiger partial charge in [0.15, 0.2) is 5.82 Å². The van der Waals surface area contributed by atoms with Crippen molar-refractivity contribution in [1.29, 1.82) is 5.26 Å². The Balaban J connectivity index is 1.84. The number of aromatic nitrogens is 2. The van der Waals surface area contributed by atoms with E-state index in [1.165, 1.54) is 25.2 Å². The number of nitrogens with one attached hydrogen (secondary N) is 1. The van der Waals surface area contributed by atoms with E-state index in [4.69, 9.17) is 16.9 Å². The molecule has 1 aromatic heterocycles. The van der Waals surface area contributed by atoms with Crippen molar-refractivity contribution in [2.75, 3.05) is 42.4 Å². The Kier molecular flexibility index (Phi) is 5.47. The monoisotopic (exact) mass is 442 g/mol. The quantitative estimate of drug-likeness (QED) is 0.661. The van der Waals surface area contributed by atoms with Gasteiger partial charge in [0.25, 0.3) is 10.0 Å². The molecule has 0 amide bonds. The van der Waals surface area contributed by atoms with Crippen LogP contribution in [0, 0.1) is 11.3 Å². The number of benzene rings is 2. The molecule has 0 atom stereocenters. The van der Waals surface area contributed by atoms with Gasteiger partial charge in [-0.25, -0.2) is 13.4 Å². The first-order chi connectivity index (χ1) is 14.4. The summed E-state index contributed by atoms with van der Waals surface area (Å²) in [4.78, 5) is 11.2. The number of nitrogens with zero attached hydrogens (tertiary/aromatic N) is 5. The molecule has 4 rings (SSSR count). The van der Waals surface area contributed by atoms with Crippen LogP contribution in [0.15, 0.2) is 47.4 Å². The lowest BCUT2D eigenvalue weighted by Crippen LogP contribution is -2.44. The zero-order valence-corrected chi connectivity index (χ0v) is 17.8. The third-order valence-corrected chi connectivity index (χ3v) is 7.20. The lowest BCUT2D eigenvalue weighted by atomic mass is 10.2. The van der Waals surface area contributed by atoms with Crippen molar-refractivity contribution in [3.8, 4) is 6.07 Å². The van der Waals surface area contributed by atoms with E-state index in [0.717, 1.165) is 30.5 Å². The van der Waals surface area contributed by atoms with E-state index >= 15 is 0 Å². The molecule has 1 saturated heterocycles. The maximum absolute atomic E-state index is 13.4. The highest BCUT2D eigenvalue weighted by atomic mass is 35.5. The van der Waals surface area contributed by atoms with Gasteiger partial charge >= 0.3 is 0 Å². The Labute approximate surface area is 179 Å². The lowest BCUT2D eigenvalue weighted by molar-refractivity contribution is 0.580. The summed E-state index contributed by atoms with van der Waals surface area (Å²) in [6, 6.07) is 13.4. The first-order valence-corrected chi connectivity index (χ1v) is 11.1. The summed E-state index contributed by atoms with van der Waals surface area (Å²) in [6.07, 6.45) is 0. The molecular formula is C20H19ClN6O2S. The fourth-order valence-electron chi connectivity index (χ4n) is 3.34. The van der Waals surface area contributed by atoms with Gasteiger partial charge in [-0.2, -0.15) is 10.2 Å². The molecule has 30 heavy (non-hydrogen) atoms. The van der Waals surface area contributed by atoms with E-state index < -0.39 is 10.0 Å². The molecule has 0 radical (unpaired) electrons. The summed E-state index contributed by atoms with van der Waals surface area (Å²) in [7, 11) is -2.57. The minimum absolute atomic E-state index is 0.0124. The first kappa shape index (κ1) is 20.3. The summed E-state index contributed by atoms with van der Waals surface area (Å²) >= 11 is 6.19. The van der Waals surface area contributed by atoms with Crippen LogP contribution in [0.2, 0.25) is 5.02 Å². The SMILES string of the molecule is CN(c1nc(N2CCNCC2)nc2ccccc12)S(=O)(=O)c1ccc(C#N)cc1Cl. The summed E-state index contributed by atoms with van der Waals surface area (Å²) in [5, 5.41) is 12.9. The minimum atomic E-state index is -4.02. The van der Waals surface area contributed by atoms with Gasteiger partial charge in [0.2, 0.25) is 5.95 Å². The number of hydrogen-bond acceptors (Lipinski definition) is 7. The standard InChI is InChI=1S/C20H19ClN6O2S/c1-26(30(28,29)18-7-6-14(13-22)12-16(18)21)19-15-4-2-3-5-17(15)24-20(25-19)27-10-8-23-9-11-27/h2-7,12,23H,8-11H2,1H3. The molecule has 0 spiro atoms. The molecule has 2 aromatic carbocycles. The normalized spacial score (nSPS) is 14.5. The number of para-hydroxylation sites is 1. The number of hydrogen-bond donors (Lipinski definition) is 1. The van der Waals surface area contributed by atoms with Crippen LogP contribution in [0.25, 0.3) is 10.9 Å². The molecule has 1 N–H and O–H groups in total. The molecule has 1 aliphatic rings. The molecule has 0 aliphatic carbocycles. The average molecular weight is 443 g/mol. The second kappa shape index (κ2) is 8.07. The Bertz CT molecular complexity index is 1250. The Morgan fingerprint density at radius 1 is 1.17 bits per heavy atom.